The fraction of sp³-hybridized carbons (Fsp3) is 0.185. The maximum Gasteiger partial charge on any atom is 0.261 e. The Morgan fingerprint density at radius 2 is 0.882 bits per heavy atom. The first-order valence-electron chi connectivity index (χ1n) is 10.6. The molecule has 1 N–H and O–H groups in total. The van der Waals surface area contributed by atoms with Crippen molar-refractivity contribution in [3.05, 3.63) is 132 Å². The average molecular weight is 500 g/mol. The van der Waals surface area contributed by atoms with Crippen LogP contribution in [-0.2, 0) is 23.2 Å². The van der Waals surface area contributed by atoms with Crippen LogP contribution in [0.3, 0.4) is 0 Å². The molecule has 0 spiro atoms. The number of nitrogens with zero attached hydrogens (tertiary/aromatic N) is 2. The van der Waals surface area contributed by atoms with Crippen molar-refractivity contribution >= 4 is 10.1 Å². The van der Waals surface area contributed by atoms with Crippen molar-refractivity contribution in [3.8, 4) is 0 Å². The molecule has 0 amide bonds. The van der Waals surface area contributed by atoms with E-state index in [1.54, 1.807) is 0 Å². The van der Waals surface area contributed by atoms with Gasteiger partial charge in [0.25, 0.3) is 10.1 Å². The van der Waals surface area contributed by atoms with Gasteiger partial charge in [-0.15, -0.1) is 0 Å². The molecule has 0 unspecified atom stereocenters. The third-order valence-corrected chi connectivity index (χ3v) is 4.53. The van der Waals surface area contributed by atoms with Gasteiger partial charge in [0.1, 0.15) is 0 Å². The molecule has 0 bridgehead atoms. The summed E-state index contributed by atoms with van der Waals surface area (Å²) in [6.45, 7) is 6.11. The highest BCUT2D eigenvalue weighted by Gasteiger charge is 2.00. The van der Waals surface area contributed by atoms with E-state index in [0.717, 1.165) is 13.1 Å². The molecular weight excluding hydrogens is 468 g/mol. The summed E-state index contributed by atoms with van der Waals surface area (Å²) in [4.78, 5) is 0. The molecule has 7 heteroatoms. The summed E-state index contributed by atoms with van der Waals surface area (Å²) < 4.78 is 30.2. The topological polar surface area (TPSA) is 62.1 Å². The van der Waals surface area contributed by atoms with Gasteiger partial charge in [-0.25, -0.2) is 9.13 Å². The normalized spacial score (nSPS) is 10.0. The van der Waals surface area contributed by atoms with Crippen LogP contribution in [0.2, 0.25) is 0 Å². The molecule has 2 aromatic heterocycles. The predicted octanol–water partition coefficient (Wildman–Crippen LogP) is 1.17. The summed E-state index contributed by atoms with van der Waals surface area (Å²) >= 11 is 0. The second kappa shape index (κ2) is 15.0. The van der Waals surface area contributed by atoms with Gasteiger partial charge in [-0.05, 0) is 13.8 Å². The molecule has 2 aromatic carbocycles. The van der Waals surface area contributed by atoms with Crippen molar-refractivity contribution in [2.75, 3.05) is 6.26 Å². The average Bonchev–Trinajstić information content (AvgIpc) is 2.78. The summed E-state index contributed by atoms with van der Waals surface area (Å²) in [6, 6.07) is 29.6. The van der Waals surface area contributed by atoms with E-state index < -0.39 is 10.1 Å². The number of hydrogen-bond acceptors (Lipinski definition) is 2. The van der Waals surface area contributed by atoms with Gasteiger partial charge in [-0.2, -0.15) is 8.42 Å². The molecular formula is C27H32ClN2O3S+. The third kappa shape index (κ3) is 13.5. The zero-order valence-electron chi connectivity index (χ0n) is 19.8. The molecule has 0 fully saturated rings. The zero-order valence-corrected chi connectivity index (χ0v) is 21.3. The Morgan fingerprint density at radius 1 is 0.618 bits per heavy atom. The van der Waals surface area contributed by atoms with Crippen LogP contribution in [0.25, 0.3) is 0 Å². The van der Waals surface area contributed by atoms with Gasteiger partial charge >= 0.3 is 0 Å². The Hall–Kier alpha value is -3.06. The van der Waals surface area contributed by atoms with Crippen LogP contribution >= 0.6 is 0 Å². The van der Waals surface area contributed by atoms with Crippen molar-refractivity contribution in [2.24, 2.45) is 0 Å². The first-order valence-corrected chi connectivity index (χ1v) is 12.5. The second-order valence-electron chi connectivity index (χ2n) is 7.80. The van der Waals surface area contributed by atoms with Crippen molar-refractivity contribution in [1.29, 1.82) is 0 Å². The van der Waals surface area contributed by atoms with Gasteiger partial charge in [0.15, 0.2) is 37.9 Å². The molecule has 34 heavy (non-hydrogen) atoms. The Kier molecular flexibility index (Phi) is 12.7. The monoisotopic (exact) mass is 499 g/mol. The smallest absolute Gasteiger partial charge is 0.261 e. The maximum absolute atomic E-state index is 9.19. The predicted molar refractivity (Wildman–Crippen MR) is 131 cm³/mol. The minimum absolute atomic E-state index is 0. The largest absolute Gasteiger partial charge is 1.00 e. The number of aryl methyl sites for hydroxylation is 2. The van der Waals surface area contributed by atoms with Crippen molar-refractivity contribution < 1.29 is 34.5 Å². The molecule has 0 aliphatic carbocycles. The number of pyridine rings is 2. The van der Waals surface area contributed by atoms with Gasteiger partial charge in [-0.3, -0.25) is 4.55 Å². The Bertz CT molecular complexity index is 1090. The lowest BCUT2D eigenvalue weighted by Crippen LogP contribution is -3.00. The minimum Gasteiger partial charge on any atom is -1.00 e. The highest BCUT2D eigenvalue weighted by atomic mass is 35.5. The van der Waals surface area contributed by atoms with E-state index in [9.17, 15) is 8.42 Å². The van der Waals surface area contributed by atoms with Crippen LogP contribution in [0.15, 0.2) is 110 Å². The van der Waals surface area contributed by atoms with Gasteiger partial charge in [0.05, 0.1) is 6.26 Å². The highest BCUT2D eigenvalue weighted by molar-refractivity contribution is 7.85. The van der Waals surface area contributed by atoms with E-state index in [0.29, 0.717) is 6.26 Å². The van der Waals surface area contributed by atoms with E-state index in [-0.39, 0.29) is 12.4 Å². The summed E-state index contributed by atoms with van der Waals surface area (Å²) in [5, 5.41) is 0. The number of benzene rings is 2. The number of halogens is 1. The van der Waals surface area contributed by atoms with Crippen molar-refractivity contribution in [3.63, 3.8) is 0 Å². The summed E-state index contributed by atoms with van der Waals surface area (Å²) in [6.07, 6.45) is 9.05. The SMILES string of the molecule is CS(=O)(=O)O.Cc1ccc(C[n+]2ccccc2)cc1.Cc1ccc(C[n+]2ccccc2)cc1.[Cl-]. The van der Waals surface area contributed by atoms with E-state index in [2.05, 4.69) is 96.3 Å². The molecule has 0 radical (unpaired) electrons. The Morgan fingerprint density at radius 3 is 1.15 bits per heavy atom. The lowest BCUT2D eigenvalue weighted by Gasteiger charge is -1.97. The maximum atomic E-state index is 9.19. The molecule has 0 saturated carbocycles. The highest BCUT2D eigenvalue weighted by Crippen LogP contribution is 2.03. The third-order valence-electron chi connectivity index (χ3n) is 4.53. The van der Waals surface area contributed by atoms with Crippen LogP contribution in [0.4, 0.5) is 0 Å². The molecule has 2 heterocycles. The molecule has 0 saturated heterocycles. The molecule has 180 valence electrons. The fourth-order valence-electron chi connectivity index (χ4n) is 2.89. The molecule has 5 nitrogen and oxygen atoms in total. The van der Waals surface area contributed by atoms with Crippen LogP contribution in [0, 0.1) is 13.8 Å². The van der Waals surface area contributed by atoms with E-state index >= 15 is 0 Å². The standard InChI is InChI=1S/2C13H14N.CH4O3S.ClH/c2*1-12-5-7-13(8-6-12)11-14-9-3-2-4-10-14;1-5(2,3)4;/h2*2-10H,11H2,1H3;1H3,(H,2,3,4);1H/q2*+1;;/p-1. The molecule has 0 aliphatic heterocycles. The van der Waals surface area contributed by atoms with Gasteiger partial charge < -0.3 is 12.4 Å². The second-order valence-corrected chi connectivity index (χ2v) is 9.27. The van der Waals surface area contributed by atoms with Crippen molar-refractivity contribution in [2.45, 2.75) is 26.9 Å². The molecule has 4 rings (SSSR count). The molecule has 0 aliphatic rings. The number of rotatable bonds is 4. The first kappa shape index (κ1) is 29.0. The lowest BCUT2D eigenvalue weighted by atomic mass is 10.1. The summed E-state index contributed by atoms with van der Waals surface area (Å²) in [5.41, 5.74) is 5.30. The van der Waals surface area contributed by atoms with Crippen LogP contribution in [0.5, 0.6) is 0 Å². The van der Waals surface area contributed by atoms with Gasteiger partial charge in [0.2, 0.25) is 0 Å². The Balaban J connectivity index is 0.000000278. The quantitative estimate of drug-likeness (QED) is 0.339. The zero-order chi connectivity index (χ0) is 24.1. The lowest BCUT2D eigenvalue weighted by molar-refractivity contribution is -0.688. The molecule has 0 atom stereocenters. The first-order chi connectivity index (χ1) is 15.7. The molecule has 4 aromatic rings. The van der Waals surface area contributed by atoms with Crippen LogP contribution in [0.1, 0.15) is 22.3 Å². The summed E-state index contributed by atoms with van der Waals surface area (Å²) in [7, 11) is -3.67. The van der Waals surface area contributed by atoms with Gasteiger partial charge in [-0.1, -0.05) is 71.8 Å². The number of aromatic nitrogens is 2. The summed E-state index contributed by atoms with van der Waals surface area (Å²) in [5.74, 6) is 0. The van der Waals surface area contributed by atoms with E-state index in [4.69, 9.17) is 4.55 Å². The van der Waals surface area contributed by atoms with Crippen molar-refractivity contribution in [1.82, 2.24) is 0 Å². The van der Waals surface area contributed by atoms with Crippen LogP contribution in [-0.4, -0.2) is 19.2 Å². The minimum atomic E-state index is -3.67. The van der Waals surface area contributed by atoms with Crippen LogP contribution < -0.4 is 21.5 Å². The fourth-order valence-corrected chi connectivity index (χ4v) is 2.89. The van der Waals surface area contributed by atoms with E-state index in [1.807, 2.05) is 36.4 Å². The van der Waals surface area contributed by atoms with Gasteiger partial charge in [0, 0.05) is 35.4 Å². The number of hydrogen-bond donors (Lipinski definition) is 1. The Labute approximate surface area is 209 Å². The van der Waals surface area contributed by atoms with E-state index in [1.165, 1.54) is 22.3 Å².